The van der Waals surface area contributed by atoms with Crippen LogP contribution in [0.1, 0.15) is 19.8 Å². The standard InChI is InChI=1S/C8H18N2O2/c1-3-4-7(5-9)10-8(11)6-12-2/h7H,3-6,9H2,1-2H3,(H,10,11). The van der Waals surface area contributed by atoms with Crippen LogP contribution >= 0.6 is 0 Å². The van der Waals surface area contributed by atoms with Crippen molar-refractivity contribution in [2.45, 2.75) is 25.8 Å². The molecule has 1 unspecified atom stereocenters. The zero-order chi connectivity index (χ0) is 9.40. The molecule has 0 aliphatic carbocycles. The fourth-order valence-corrected chi connectivity index (χ4v) is 0.998. The van der Waals surface area contributed by atoms with Gasteiger partial charge in [0.05, 0.1) is 0 Å². The van der Waals surface area contributed by atoms with Crippen molar-refractivity contribution in [3.63, 3.8) is 0 Å². The zero-order valence-corrected chi connectivity index (χ0v) is 7.80. The first-order chi connectivity index (χ1) is 5.74. The molecule has 0 fully saturated rings. The van der Waals surface area contributed by atoms with Gasteiger partial charge in [0.1, 0.15) is 6.61 Å². The molecule has 0 aliphatic rings. The quantitative estimate of drug-likeness (QED) is 0.590. The van der Waals surface area contributed by atoms with E-state index in [1.807, 2.05) is 0 Å². The average molecular weight is 174 g/mol. The first kappa shape index (κ1) is 11.4. The van der Waals surface area contributed by atoms with Gasteiger partial charge in [-0.25, -0.2) is 0 Å². The van der Waals surface area contributed by atoms with Gasteiger partial charge >= 0.3 is 0 Å². The highest BCUT2D eigenvalue weighted by atomic mass is 16.5. The Balaban J connectivity index is 3.61. The van der Waals surface area contributed by atoms with Crippen LogP contribution in [-0.2, 0) is 9.53 Å². The van der Waals surface area contributed by atoms with Gasteiger partial charge in [-0.2, -0.15) is 0 Å². The predicted octanol–water partition coefficient (Wildman–Crippen LogP) is -0.124. The van der Waals surface area contributed by atoms with Crippen LogP contribution in [0.4, 0.5) is 0 Å². The molecule has 0 aromatic carbocycles. The monoisotopic (exact) mass is 174 g/mol. The summed E-state index contributed by atoms with van der Waals surface area (Å²) in [7, 11) is 1.50. The molecule has 0 aromatic heterocycles. The summed E-state index contributed by atoms with van der Waals surface area (Å²) in [6, 6.07) is 0.0950. The maximum absolute atomic E-state index is 11.0. The van der Waals surface area contributed by atoms with Crippen molar-refractivity contribution >= 4 is 5.91 Å². The Bertz CT molecular complexity index is 128. The van der Waals surface area contributed by atoms with Crippen LogP contribution in [0.15, 0.2) is 0 Å². The molecule has 12 heavy (non-hydrogen) atoms. The Labute approximate surface area is 73.5 Å². The van der Waals surface area contributed by atoms with E-state index in [0.29, 0.717) is 6.54 Å². The largest absolute Gasteiger partial charge is 0.375 e. The fraction of sp³-hybridized carbons (Fsp3) is 0.875. The lowest BCUT2D eigenvalue weighted by Crippen LogP contribution is -2.41. The van der Waals surface area contributed by atoms with Gasteiger partial charge in [-0.05, 0) is 6.42 Å². The molecule has 72 valence electrons. The molecular weight excluding hydrogens is 156 g/mol. The Morgan fingerprint density at radius 1 is 1.67 bits per heavy atom. The van der Waals surface area contributed by atoms with Crippen LogP contribution in [0.5, 0.6) is 0 Å². The second kappa shape index (κ2) is 7.06. The topological polar surface area (TPSA) is 64.3 Å². The van der Waals surface area contributed by atoms with E-state index >= 15 is 0 Å². The summed E-state index contributed by atoms with van der Waals surface area (Å²) in [6.07, 6.45) is 1.95. The second-order valence-corrected chi connectivity index (χ2v) is 2.72. The number of carbonyl (C=O) groups is 1. The van der Waals surface area contributed by atoms with E-state index in [1.165, 1.54) is 7.11 Å². The lowest BCUT2D eigenvalue weighted by molar-refractivity contribution is -0.125. The van der Waals surface area contributed by atoms with Crippen LogP contribution in [0.2, 0.25) is 0 Å². The zero-order valence-electron chi connectivity index (χ0n) is 7.80. The molecule has 0 heterocycles. The highest BCUT2D eigenvalue weighted by Gasteiger charge is 2.08. The molecule has 0 aromatic rings. The number of hydrogen-bond acceptors (Lipinski definition) is 3. The van der Waals surface area contributed by atoms with Crippen LogP contribution < -0.4 is 11.1 Å². The Morgan fingerprint density at radius 2 is 2.33 bits per heavy atom. The molecule has 0 spiro atoms. The van der Waals surface area contributed by atoms with Gasteiger partial charge in [-0.3, -0.25) is 4.79 Å². The second-order valence-electron chi connectivity index (χ2n) is 2.72. The molecule has 1 atom stereocenters. The minimum Gasteiger partial charge on any atom is -0.375 e. The van der Waals surface area contributed by atoms with Crippen LogP contribution in [0.3, 0.4) is 0 Å². The van der Waals surface area contributed by atoms with Crippen molar-refractivity contribution in [1.29, 1.82) is 0 Å². The predicted molar refractivity (Wildman–Crippen MR) is 47.8 cm³/mol. The average Bonchev–Trinajstić information content (AvgIpc) is 2.04. The van der Waals surface area contributed by atoms with Crippen LogP contribution in [-0.4, -0.2) is 32.2 Å². The SMILES string of the molecule is CCCC(CN)NC(=O)COC. The number of carbonyl (C=O) groups excluding carboxylic acids is 1. The van der Waals surface area contributed by atoms with Gasteiger partial charge in [0.2, 0.25) is 5.91 Å². The van der Waals surface area contributed by atoms with E-state index in [4.69, 9.17) is 5.73 Å². The van der Waals surface area contributed by atoms with Crippen molar-refractivity contribution < 1.29 is 9.53 Å². The van der Waals surface area contributed by atoms with E-state index in [1.54, 1.807) is 0 Å². The number of nitrogens with two attached hydrogens (primary N) is 1. The Hall–Kier alpha value is -0.610. The van der Waals surface area contributed by atoms with Gasteiger partial charge in [0.15, 0.2) is 0 Å². The summed E-state index contributed by atoms with van der Waals surface area (Å²) < 4.78 is 4.67. The van der Waals surface area contributed by atoms with Crippen molar-refractivity contribution in [2.24, 2.45) is 5.73 Å². The number of nitrogens with one attached hydrogen (secondary N) is 1. The number of hydrogen-bond donors (Lipinski definition) is 2. The van der Waals surface area contributed by atoms with Crippen LogP contribution in [0.25, 0.3) is 0 Å². The van der Waals surface area contributed by atoms with Crippen molar-refractivity contribution in [3.05, 3.63) is 0 Å². The van der Waals surface area contributed by atoms with E-state index in [2.05, 4.69) is 17.0 Å². The third-order valence-electron chi connectivity index (χ3n) is 1.56. The molecule has 1 amide bonds. The summed E-state index contributed by atoms with van der Waals surface area (Å²) in [5.74, 6) is -0.0959. The molecule has 0 bridgehead atoms. The van der Waals surface area contributed by atoms with Gasteiger partial charge in [-0.15, -0.1) is 0 Å². The third-order valence-corrected chi connectivity index (χ3v) is 1.56. The summed E-state index contributed by atoms with van der Waals surface area (Å²) in [6.45, 7) is 2.66. The lowest BCUT2D eigenvalue weighted by atomic mass is 10.2. The minimum atomic E-state index is -0.0959. The molecule has 4 heteroatoms. The number of amides is 1. The third kappa shape index (κ3) is 5.09. The van der Waals surface area contributed by atoms with Gasteiger partial charge in [0, 0.05) is 19.7 Å². The maximum Gasteiger partial charge on any atom is 0.246 e. The highest BCUT2D eigenvalue weighted by molar-refractivity contribution is 5.77. The summed E-state index contributed by atoms with van der Waals surface area (Å²) in [5, 5.41) is 2.78. The smallest absolute Gasteiger partial charge is 0.246 e. The molecular formula is C8H18N2O2. The van der Waals surface area contributed by atoms with Crippen molar-refractivity contribution in [1.82, 2.24) is 5.32 Å². The molecule has 0 rings (SSSR count). The normalized spacial score (nSPS) is 12.6. The maximum atomic E-state index is 11.0. The Morgan fingerprint density at radius 3 is 2.75 bits per heavy atom. The number of rotatable bonds is 6. The summed E-state index contributed by atoms with van der Waals surface area (Å²) in [5.41, 5.74) is 5.45. The van der Waals surface area contributed by atoms with E-state index in [-0.39, 0.29) is 18.6 Å². The Kier molecular flexibility index (Phi) is 6.70. The van der Waals surface area contributed by atoms with Gasteiger partial charge in [-0.1, -0.05) is 13.3 Å². The van der Waals surface area contributed by atoms with Gasteiger partial charge < -0.3 is 15.8 Å². The van der Waals surface area contributed by atoms with E-state index < -0.39 is 0 Å². The molecule has 4 nitrogen and oxygen atoms in total. The summed E-state index contributed by atoms with van der Waals surface area (Å²) >= 11 is 0. The minimum absolute atomic E-state index is 0.0950. The molecule has 0 saturated heterocycles. The lowest BCUT2D eigenvalue weighted by Gasteiger charge is -2.15. The molecule has 0 radical (unpaired) electrons. The molecule has 0 aliphatic heterocycles. The molecule has 3 N–H and O–H groups in total. The number of methoxy groups -OCH3 is 1. The highest BCUT2D eigenvalue weighted by Crippen LogP contribution is 1.93. The van der Waals surface area contributed by atoms with E-state index in [9.17, 15) is 4.79 Å². The summed E-state index contributed by atoms with van der Waals surface area (Å²) in [4.78, 5) is 11.0. The first-order valence-corrected chi connectivity index (χ1v) is 4.23. The fourth-order valence-electron chi connectivity index (χ4n) is 0.998. The molecule has 0 saturated carbocycles. The van der Waals surface area contributed by atoms with Crippen LogP contribution in [0, 0.1) is 0 Å². The van der Waals surface area contributed by atoms with Crippen molar-refractivity contribution in [2.75, 3.05) is 20.3 Å². The first-order valence-electron chi connectivity index (χ1n) is 4.23. The van der Waals surface area contributed by atoms with Gasteiger partial charge in [0.25, 0.3) is 0 Å². The van der Waals surface area contributed by atoms with E-state index in [0.717, 1.165) is 12.8 Å². The number of ether oxygens (including phenoxy) is 1. The van der Waals surface area contributed by atoms with Crippen molar-refractivity contribution in [3.8, 4) is 0 Å².